The van der Waals surface area contributed by atoms with Gasteiger partial charge in [0.05, 0.1) is 11.3 Å². The third-order valence-corrected chi connectivity index (χ3v) is 4.15. The first kappa shape index (κ1) is 20.4. The first-order valence-corrected chi connectivity index (χ1v) is 9.19. The number of ether oxygens (including phenoxy) is 1. The summed E-state index contributed by atoms with van der Waals surface area (Å²) in [4.78, 5) is 34.1. The zero-order valence-electron chi connectivity index (χ0n) is 17.0. The second-order valence-electron chi connectivity index (χ2n) is 9.12. The van der Waals surface area contributed by atoms with Gasteiger partial charge in [-0.25, -0.2) is 9.78 Å². The number of hydrogen-bond acceptors (Lipinski definition) is 5. The minimum absolute atomic E-state index is 0.0580. The van der Waals surface area contributed by atoms with Crippen LogP contribution in [0.3, 0.4) is 0 Å². The van der Waals surface area contributed by atoms with Crippen molar-refractivity contribution in [2.24, 2.45) is 0 Å². The lowest BCUT2D eigenvalue weighted by atomic mass is 9.95. The number of nitrogens with one attached hydrogen (secondary N) is 2. The summed E-state index contributed by atoms with van der Waals surface area (Å²) in [6.07, 6.45) is 0.318. The lowest BCUT2D eigenvalue weighted by Gasteiger charge is -2.31. The molecule has 2 N–H and O–H groups in total. The highest BCUT2D eigenvalue weighted by atomic mass is 16.6. The molecule has 7 heteroatoms. The SMILES string of the molecule is CC(CN1CCc2nc(C(C)(C)C)[nH]c(=O)c2C1)NC(=O)OC(C)(C)C. The maximum absolute atomic E-state index is 12.5. The maximum Gasteiger partial charge on any atom is 0.407 e. The topological polar surface area (TPSA) is 87.3 Å². The molecule has 1 aliphatic rings. The second kappa shape index (κ2) is 7.39. The van der Waals surface area contributed by atoms with Crippen molar-refractivity contribution in [2.45, 2.75) is 78.5 Å². The molecule has 2 heterocycles. The highest BCUT2D eigenvalue weighted by Crippen LogP contribution is 2.20. The van der Waals surface area contributed by atoms with Gasteiger partial charge < -0.3 is 15.0 Å². The van der Waals surface area contributed by atoms with Gasteiger partial charge in [0.1, 0.15) is 11.4 Å². The van der Waals surface area contributed by atoms with Crippen molar-refractivity contribution in [3.63, 3.8) is 0 Å². The number of alkyl carbamates (subject to hydrolysis) is 1. The molecule has 2 rings (SSSR count). The van der Waals surface area contributed by atoms with Crippen LogP contribution in [0, 0.1) is 0 Å². The highest BCUT2D eigenvalue weighted by Gasteiger charge is 2.26. The fourth-order valence-electron chi connectivity index (χ4n) is 2.93. The van der Waals surface area contributed by atoms with Crippen LogP contribution in [0.4, 0.5) is 4.79 Å². The quantitative estimate of drug-likeness (QED) is 0.860. The van der Waals surface area contributed by atoms with Gasteiger partial charge in [0.15, 0.2) is 0 Å². The fourth-order valence-corrected chi connectivity index (χ4v) is 2.93. The van der Waals surface area contributed by atoms with Crippen molar-refractivity contribution in [3.8, 4) is 0 Å². The predicted molar refractivity (Wildman–Crippen MR) is 101 cm³/mol. The van der Waals surface area contributed by atoms with Crippen LogP contribution in [0.25, 0.3) is 0 Å². The lowest BCUT2D eigenvalue weighted by molar-refractivity contribution is 0.0495. The van der Waals surface area contributed by atoms with Crippen LogP contribution in [0.2, 0.25) is 0 Å². The molecule has 0 saturated carbocycles. The third-order valence-electron chi connectivity index (χ3n) is 4.15. The zero-order chi connectivity index (χ0) is 19.7. The Hall–Kier alpha value is -1.89. The van der Waals surface area contributed by atoms with E-state index in [0.29, 0.717) is 13.1 Å². The summed E-state index contributed by atoms with van der Waals surface area (Å²) in [5.41, 5.74) is 0.864. The largest absolute Gasteiger partial charge is 0.444 e. The van der Waals surface area contributed by atoms with Crippen molar-refractivity contribution in [3.05, 3.63) is 27.4 Å². The molecule has 1 aromatic rings. The summed E-state index contributed by atoms with van der Waals surface area (Å²) in [6.45, 7) is 15.6. The van der Waals surface area contributed by atoms with E-state index >= 15 is 0 Å². The van der Waals surface area contributed by atoms with E-state index in [9.17, 15) is 9.59 Å². The van der Waals surface area contributed by atoms with Crippen molar-refractivity contribution in [2.75, 3.05) is 13.1 Å². The summed E-state index contributed by atoms with van der Waals surface area (Å²) < 4.78 is 5.28. The van der Waals surface area contributed by atoms with Crippen LogP contribution in [0.5, 0.6) is 0 Å². The molecule has 0 bridgehead atoms. The summed E-state index contributed by atoms with van der Waals surface area (Å²) in [7, 11) is 0. The fraction of sp³-hybridized carbons (Fsp3) is 0.737. The molecule has 0 radical (unpaired) electrons. The number of carbonyl (C=O) groups excluding carboxylic acids is 1. The number of H-pyrrole nitrogens is 1. The molecular formula is C19H32N4O3. The average Bonchev–Trinajstić information content (AvgIpc) is 2.44. The van der Waals surface area contributed by atoms with Gasteiger partial charge in [-0.3, -0.25) is 9.69 Å². The Morgan fingerprint density at radius 3 is 2.54 bits per heavy atom. The molecule has 0 spiro atoms. The molecule has 1 aliphatic heterocycles. The minimum Gasteiger partial charge on any atom is -0.444 e. The molecule has 1 atom stereocenters. The molecule has 1 amide bonds. The van der Waals surface area contributed by atoms with Gasteiger partial charge in [0.25, 0.3) is 5.56 Å². The summed E-state index contributed by atoms with van der Waals surface area (Å²) in [6, 6.07) is -0.0766. The molecule has 7 nitrogen and oxygen atoms in total. The molecule has 0 saturated heterocycles. The molecule has 146 valence electrons. The van der Waals surface area contributed by atoms with Crippen LogP contribution >= 0.6 is 0 Å². The van der Waals surface area contributed by atoms with Gasteiger partial charge in [0.2, 0.25) is 0 Å². The average molecular weight is 364 g/mol. The van der Waals surface area contributed by atoms with E-state index in [4.69, 9.17) is 4.74 Å². The Balaban J connectivity index is 2.00. The van der Waals surface area contributed by atoms with E-state index in [1.54, 1.807) is 0 Å². The van der Waals surface area contributed by atoms with E-state index in [-0.39, 0.29) is 17.0 Å². The number of amides is 1. The number of rotatable bonds is 3. The van der Waals surface area contributed by atoms with Gasteiger partial charge in [-0.15, -0.1) is 0 Å². The first-order valence-electron chi connectivity index (χ1n) is 9.19. The first-order chi connectivity index (χ1) is 11.8. The van der Waals surface area contributed by atoms with Gasteiger partial charge in [-0.05, 0) is 27.7 Å². The maximum atomic E-state index is 12.5. The Labute approximate surface area is 155 Å². The highest BCUT2D eigenvalue weighted by molar-refractivity contribution is 5.68. The van der Waals surface area contributed by atoms with Crippen LogP contribution in [-0.4, -0.2) is 45.7 Å². The van der Waals surface area contributed by atoms with Gasteiger partial charge in [0, 0.05) is 37.5 Å². The Bertz CT molecular complexity index is 713. The van der Waals surface area contributed by atoms with Crippen molar-refractivity contribution < 1.29 is 9.53 Å². The normalized spacial score (nSPS) is 16.7. The Morgan fingerprint density at radius 1 is 1.31 bits per heavy atom. The van der Waals surface area contributed by atoms with Crippen molar-refractivity contribution >= 4 is 6.09 Å². The smallest absolute Gasteiger partial charge is 0.407 e. The molecule has 0 fully saturated rings. The molecule has 0 aliphatic carbocycles. The lowest BCUT2D eigenvalue weighted by Crippen LogP contribution is -2.46. The molecule has 1 aromatic heterocycles. The molecule has 1 unspecified atom stereocenters. The third kappa shape index (κ3) is 5.56. The van der Waals surface area contributed by atoms with Gasteiger partial charge in [-0.2, -0.15) is 0 Å². The molecular weight excluding hydrogens is 332 g/mol. The number of fused-ring (bicyclic) bond motifs is 1. The minimum atomic E-state index is -0.516. The number of carbonyl (C=O) groups is 1. The predicted octanol–water partition coefficient (Wildman–Crippen LogP) is 2.34. The van der Waals surface area contributed by atoms with E-state index in [2.05, 4.69) is 20.2 Å². The van der Waals surface area contributed by atoms with E-state index in [1.165, 1.54) is 0 Å². The van der Waals surface area contributed by atoms with Crippen LogP contribution in [0.1, 0.15) is 65.5 Å². The Morgan fingerprint density at radius 2 is 1.96 bits per heavy atom. The van der Waals surface area contributed by atoms with Crippen molar-refractivity contribution in [1.82, 2.24) is 20.2 Å². The van der Waals surface area contributed by atoms with Crippen LogP contribution in [0.15, 0.2) is 4.79 Å². The number of aromatic amines is 1. The van der Waals surface area contributed by atoms with E-state index in [1.807, 2.05) is 48.5 Å². The Kier molecular flexibility index (Phi) is 5.80. The summed E-state index contributed by atoms with van der Waals surface area (Å²) in [5.74, 6) is 0.731. The standard InChI is InChI=1S/C19H32N4O3/c1-12(20-17(25)26-19(5,6)7)10-23-9-8-14-13(11-23)15(24)22-16(21-14)18(2,3)4/h12H,8-11H2,1-7H3,(H,20,25)(H,21,22,24). The number of nitrogens with zero attached hydrogens (tertiary/aromatic N) is 2. The van der Waals surface area contributed by atoms with E-state index in [0.717, 1.165) is 30.0 Å². The molecule has 26 heavy (non-hydrogen) atoms. The molecule has 0 aromatic carbocycles. The van der Waals surface area contributed by atoms with Gasteiger partial charge >= 0.3 is 6.09 Å². The monoisotopic (exact) mass is 364 g/mol. The van der Waals surface area contributed by atoms with Crippen LogP contribution in [-0.2, 0) is 23.1 Å². The number of hydrogen-bond donors (Lipinski definition) is 2. The summed E-state index contributed by atoms with van der Waals surface area (Å²) >= 11 is 0. The second-order valence-corrected chi connectivity index (χ2v) is 9.12. The zero-order valence-corrected chi connectivity index (χ0v) is 17.0. The van der Waals surface area contributed by atoms with Crippen molar-refractivity contribution in [1.29, 1.82) is 0 Å². The van der Waals surface area contributed by atoms with Crippen LogP contribution < -0.4 is 10.9 Å². The summed E-state index contributed by atoms with van der Waals surface area (Å²) in [5, 5.41) is 2.85. The van der Waals surface area contributed by atoms with Gasteiger partial charge in [-0.1, -0.05) is 20.8 Å². The van der Waals surface area contributed by atoms with E-state index < -0.39 is 11.7 Å². The number of aromatic nitrogens is 2.